The number of aromatic nitrogens is 2. The van der Waals surface area contributed by atoms with Crippen LogP contribution in [0.2, 0.25) is 0 Å². The first-order chi connectivity index (χ1) is 26.2. The molecule has 7 aromatic carbocycles. The Bertz CT molecular complexity index is 3240. The van der Waals surface area contributed by atoms with Crippen LogP contribution in [0.25, 0.3) is 77.2 Å². The summed E-state index contributed by atoms with van der Waals surface area (Å²) in [6.07, 6.45) is 0. The highest BCUT2D eigenvalue weighted by Crippen LogP contribution is 2.53. The largest absolute Gasteiger partial charge is 0.309 e. The van der Waals surface area contributed by atoms with E-state index >= 15 is 0 Å². The first-order valence-corrected chi connectivity index (χ1v) is 18.6. The Morgan fingerprint density at radius 1 is 0.426 bits per heavy atom. The van der Waals surface area contributed by atoms with Gasteiger partial charge in [-0.05, 0) is 93.0 Å². The summed E-state index contributed by atoms with van der Waals surface area (Å²) >= 11 is 0. The summed E-state index contributed by atoms with van der Waals surface area (Å²) < 4.78 is 4.51. The minimum atomic E-state index is -0.199. The van der Waals surface area contributed by atoms with Crippen LogP contribution >= 0.6 is 0 Å². The second kappa shape index (κ2) is 10.4. The molecule has 0 saturated heterocycles. The van der Waals surface area contributed by atoms with Crippen LogP contribution in [-0.2, 0) is 10.8 Å². The molecule has 0 amide bonds. The van der Waals surface area contributed by atoms with Crippen molar-refractivity contribution in [2.24, 2.45) is 0 Å². The summed E-state index contributed by atoms with van der Waals surface area (Å²) in [6, 6.07) is 52.7. The average molecular weight is 691 g/mol. The van der Waals surface area contributed by atoms with Crippen LogP contribution in [0.4, 0.5) is 0 Å². The van der Waals surface area contributed by atoms with Gasteiger partial charge in [0, 0.05) is 38.1 Å². The fourth-order valence-electron chi connectivity index (χ4n) is 9.99. The van der Waals surface area contributed by atoms with E-state index in [0.717, 1.165) is 49.3 Å². The van der Waals surface area contributed by atoms with Crippen LogP contribution < -0.4 is 0 Å². The van der Waals surface area contributed by atoms with E-state index in [4.69, 9.17) is 0 Å². The first kappa shape index (κ1) is 30.7. The molecule has 0 saturated carbocycles. The number of nitriles is 2. The normalized spacial score (nSPS) is 14.6. The quantitative estimate of drug-likeness (QED) is 0.181. The molecule has 2 heterocycles. The van der Waals surface area contributed by atoms with Gasteiger partial charge < -0.3 is 9.13 Å². The molecule has 254 valence electrons. The Hall–Kier alpha value is -6.88. The molecular formula is C50H34N4. The Morgan fingerprint density at radius 2 is 0.907 bits per heavy atom. The van der Waals surface area contributed by atoms with Gasteiger partial charge in [-0.25, -0.2) is 0 Å². The number of hydrogen-bond donors (Lipinski definition) is 0. The smallest absolute Gasteiger partial charge is 0.103 e. The third-order valence-corrected chi connectivity index (χ3v) is 12.6. The lowest BCUT2D eigenvalue weighted by atomic mass is 9.82. The minimum absolute atomic E-state index is 0.175. The monoisotopic (exact) mass is 690 g/mol. The third kappa shape index (κ3) is 3.75. The van der Waals surface area contributed by atoms with Gasteiger partial charge in [0.25, 0.3) is 0 Å². The van der Waals surface area contributed by atoms with E-state index in [1.807, 2.05) is 6.07 Å². The van der Waals surface area contributed by atoms with E-state index < -0.39 is 0 Å². The molecule has 2 aliphatic carbocycles. The molecule has 11 rings (SSSR count). The maximum absolute atomic E-state index is 10.8. The van der Waals surface area contributed by atoms with Gasteiger partial charge in [0.1, 0.15) is 12.1 Å². The number of benzene rings is 7. The fourth-order valence-corrected chi connectivity index (χ4v) is 9.99. The molecule has 4 heteroatoms. The van der Waals surface area contributed by atoms with Crippen LogP contribution in [0.3, 0.4) is 0 Å². The molecule has 0 atom stereocenters. The van der Waals surface area contributed by atoms with Crippen LogP contribution in [-0.4, -0.2) is 9.13 Å². The van der Waals surface area contributed by atoms with Crippen LogP contribution in [0, 0.1) is 22.7 Å². The molecule has 0 unspecified atom stereocenters. The molecule has 0 aliphatic heterocycles. The minimum Gasteiger partial charge on any atom is -0.309 e. The first-order valence-electron chi connectivity index (χ1n) is 18.6. The third-order valence-electron chi connectivity index (χ3n) is 12.6. The molecule has 2 aliphatic rings. The Morgan fingerprint density at radius 3 is 1.44 bits per heavy atom. The zero-order valence-electron chi connectivity index (χ0n) is 30.5. The second-order valence-corrected chi connectivity index (χ2v) is 16.0. The number of hydrogen-bond acceptors (Lipinski definition) is 2. The van der Waals surface area contributed by atoms with Gasteiger partial charge in [0.05, 0.1) is 38.9 Å². The summed E-state index contributed by atoms with van der Waals surface area (Å²) in [4.78, 5) is 0. The average Bonchev–Trinajstić information content (AvgIpc) is 3.84. The maximum Gasteiger partial charge on any atom is 0.103 e. The van der Waals surface area contributed by atoms with Gasteiger partial charge in [-0.1, -0.05) is 113 Å². The standard InChI is InChI=1S/C50H34N4/c1-49(2)40-17-9-5-13-31(40)35-23-37-33-15-7-11-19-44(33)53(47(37)25-42(35)49)30-21-29(27-51)39(28-52)46(22-30)54-45-20-12-8-16-34(45)38-24-36-32-14-6-10-18-41(32)50(3,4)43(36)26-48(38)54/h5-26H,1-4H3. The highest BCUT2D eigenvalue weighted by Gasteiger charge is 2.38. The topological polar surface area (TPSA) is 57.4 Å². The number of rotatable bonds is 2. The predicted octanol–water partition coefficient (Wildman–Crippen LogP) is 12.2. The van der Waals surface area contributed by atoms with Crippen LogP contribution in [0.15, 0.2) is 133 Å². The molecule has 54 heavy (non-hydrogen) atoms. The lowest BCUT2D eigenvalue weighted by Gasteiger charge is -2.22. The highest BCUT2D eigenvalue weighted by molar-refractivity contribution is 6.13. The Balaban J connectivity index is 1.24. The van der Waals surface area contributed by atoms with E-state index in [-0.39, 0.29) is 10.8 Å². The molecular weight excluding hydrogens is 657 g/mol. The fraction of sp³-hybridized carbons (Fsp3) is 0.120. The van der Waals surface area contributed by atoms with E-state index in [1.54, 1.807) is 0 Å². The van der Waals surface area contributed by atoms with Crippen molar-refractivity contribution in [3.8, 4) is 45.8 Å². The van der Waals surface area contributed by atoms with Gasteiger partial charge in [-0.15, -0.1) is 0 Å². The number of nitrogens with zero attached hydrogens (tertiary/aromatic N) is 4. The number of fused-ring (bicyclic) bond motifs is 12. The van der Waals surface area contributed by atoms with Crippen molar-refractivity contribution in [3.63, 3.8) is 0 Å². The van der Waals surface area contributed by atoms with E-state index in [1.165, 1.54) is 44.5 Å². The molecule has 0 spiro atoms. The molecule has 2 aromatic heterocycles. The van der Waals surface area contributed by atoms with Crippen molar-refractivity contribution in [1.29, 1.82) is 10.5 Å². The molecule has 0 fully saturated rings. The molecule has 0 bridgehead atoms. The van der Waals surface area contributed by atoms with Crippen LogP contribution in [0.1, 0.15) is 61.1 Å². The molecule has 9 aromatic rings. The zero-order chi connectivity index (χ0) is 36.7. The van der Waals surface area contributed by atoms with Crippen molar-refractivity contribution < 1.29 is 0 Å². The number of para-hydroxylation sites is 2. The Labute approximate surface area is 313 Å². The Kier molecular flexibility index (Phi) is 5.90. The SMILES string of the molecule is CC1(C)c2ccccc2-c2cc3c4ccccc4n(-c4cc(C#N)c(C#N)c(-n5c6ccccc6c6cc7c(cc65)C(C)(C)c5ccccc5-7)c4)c3cc21. The summed E-state index contributed by atoms with van der Waals surface area (Å²) in [6.45, 7) is 9.21. The molecule has 0 radical (unpaired) electrons. The molecule has 4 nitrogen and oxygen atoms in total. The lowest BCUT2D eigenvalue weighted by Crippen LogP contribution is -2.15. The van der Waals surface area contributed by atoms with E-state index in [2.05, 4.69) is 176 Å². The van der Waals surface area contributed by atoms with Crippen molar-refractivity contribution in [2.75, 3.05) is 0 Å². The summed E-state index contributed by atoms with van der Waals surface area (Å²) in [5.41, 5.74) is 16.3. The van der Waals surface area contributed by atoms with Gasteiger partial charge >= 0.3 is 0 Å². The van der Waals surface area contributed by atoms with Crippen molar-refractivity contribution >= 4 is 43.6 Å². The van der Waals surface area contributed by atoms with Crippen molar-refractivity contribution in [3.05, 3.63) is 167 Å². The van der Waals surface area contributed by atoms with Crippen molar-refractivity contribution in [2.45, 2.75) is 38.5 Å². The maximum atomic E-state index is 10.8. The van der Waals surface area contributed by atoms with Gasteiger partial charge in [-0.2, -0.15) is 10.5 Å². The summed E-state index contributed by atoms with van der Waals surface area (Å²) in [5, 5.41) is 26.1. The van der Waals surface area contributed by atoms with Crippen LogP contribution in [0.5, 0.6) is 0 Å². The van der Waals surface area contributed by atoms with Gasteiger partial charge in [-0.3, -0.25) is 0 Å². The van der Waals surface area contributed by atoms with E-state index in [9.17, 15) is 10.5 Å². The van der Waals surface area contributed by atoms with Crippen molar-refractivity contribution in [1.82, 2.24) is 9.13 Å². The lowest BCUT2D eigenvalue weighted by molar-refractivity contribution is 0.661. The van der Waals surface area contributed by atoms with Gasteiger partial charge in [0.15, 0.2) is 0 Å². The highest BCUT2D eigenvalue weighted by atomic mass is 15.0. The zero-order valence-corrected chi connectivity index (χ0v) is 30.5. The van der Waals surface area contributed by atoms with Gasteiger partial charge in [0.2, 0.25) is 0 Å². The molecule has 0 N–H and O–H groups in total. The summed E-state index contributed by atoms with van der Waals surface area (Å²) in [7, 11) is 0. The predicted molar refractivity (Wildman–Crippen MR) is 220 cm³/mol. The second-order valence-electron chi connectivity index (χ2n) is 16.0. The van der Waals surface area contributed by atoms with E-state index in [0.29, 0.717) is 16.8 Å². The summed E-state index contributed by atoms with van der Waals surface area (Å²) in [5.74, 6) is 0.